The fraction of sp³-hybridized carbons (Fsp3) is 0.444. The fourth-order valence-electron chi connectivity index (χ4n) is 2.31. The maximum absolute atomic E-state index is 12.6. The molecule has 156 valence electrons. The van der Waals surface area contributed by atoms with E-state index >= 15 is 0 Å². The molecule has 1 atom stereocenters. The van der Waals surface area contributed by atoms with Crippen molar-refractivity contribution in [3.8, 4) is 0 Å². The predicted octanol–water partition coefficient (Wildman–Crippen LogP) is 3.79. The summed E-state index contributed by atoms with van der Waals surface area (Å²) in [4.78, 5) is 7.99. The van der Waals surface area contributed by atoms with Crippen molar-refractivity contribution >= 4 is 41.3 Å². The summed E-state index contributed by atoms with van der Waals surface area (Å²) in [5, 5.41) is 18.1. The smallest absolute Gasteiger partial charge is 0.384 e. The zero-order chi connectivity index (χ0) is 19.9. The van der Waals surface area contributed by atoms with E-state index in [1.165, 1.54) is 0 Å². The highest BCUT2D eigenvalue weighted by atomic mass is 127. The number of thiazole rings is 1. The number of nitrogens with one attached hydrogen (secondary N) is 2. The van der Waals surface area contributed by atoms with Gasteiger partial charge in [0.25, 0.3) is 0 Å². The van der Waals surface area contributed by atoms with E-state index in [2.05, 4.69) is 20.6 Å². The van der Waals surface area contributed by atoms with Crippen molar-refractivity contribution in [2.24, 2.45) is 4.99 Å². The number of hydrogen-bond donors (Lipinski definition) is 3. The van der Waals surface area contributed by atoms with Crippen molar-refractivity contribution in [3.63, 3.8) is 0 Å². The van der Waals surface area contributed by atoms with Gasteiger partial charge in [-0.15, -0.1) is 35.3 Å². The lowest BCUT2D eigenvalue weighted by atomic mass is 9.96. The second-order valence-electron chi connectivity index (χ2n) is 6.14. The summed E-state index contributed by atoms with van der Waals surface area (Å²) < 4.78 is 37.7. The van der Waals surface area contributed by atoms with Crippen molar-refractivity contribution in [2.45, 2.75) is 32.0 Å². The first kappa shape index (κ1) is 24.6. The van der Waals surface area contributed by atoms with Crippen LogP contribution in [0.25, 0.3) is 0 Å². The van der Waals surface area contributed by atoms with Crippen molar-refractivity contribution < 1.29 is 18.3 Å². The summed E-state index contributed by atoms with van der Waals surface area (Å²) in [6.45, 7) is 4.73. The van der Waals surface area contributed by atoms with Crippen molar-refractivity contribution in [1.29, 1.82) is 0 Å². The van der Waals surface area contributed by atoms with Gasteiger partial charge in [0.1, 0.15) is 5.60 Å². The molecule has 0 saturated carbocycles. The molecule has 0 spiro atoms. The van der Waals surface area contributed by atoms with E-state index in [1.807, 2.05) is 37.3 Å². The SMILES string of the molecule is CCNC(=NCC(C)(O)c1ccccc1)NCCc1nc(C(F)(F)F)cs1.I. The van der Waals surface area contributed by atoms with E-state index < -0.39 is 17.5 Å². The molecule has 0 bridgehead atoms. The Kier molecular flexibility index (Phi) is 9.64. The van der Waals surface area contributed by atoms with Gasteiger partial charge in [0.05, 0.1) is 11.6 Å². The maximum Gasteiger partial charge on any atom is 0.434 e. The molecule has 2 rings (SSSR count). The van der Waals surface area contributed by atoms with E-state index in [-0.39, 0.29) is 30.5 Å². The Bertz CT molecular complexity index is 751. The molecule has 2 aromatic rings. The Labute approximate surface area is 183 Å². The van der Waals surface area contributed by atoms with Crippen LogP contribution in [0.3, 0.4) is 0 Å². The number of halogens is 4. The van der Waals surface area contributed by atoms with Gasteiger partial charge < -0.3 is 15.7 Å². The van der Waals surface area contributed by atoms with Gasteiger partial charge in [-0.1, -0.05) is 30.3 Å². The van der Waals surface area contributed by atoms with E-state index in [0.29, 0.717) is 30.5 Å². The van der Waals surface area contributed by atoms with E-state index in [9.17, 15) is 18.3 Å². The van der Waals surface area contributed by atoms with Crippen LogP contribution in [0, 0.1) is 0 Å². The number of alkyl halides is 3. The summed E-state index contributed by atoms with van der Waals surface area (Å²) in [6.07, 6.45) is -4.07. The summed E-state index contributed by atoms with van der Waals surface area (Å²) in [5.74, 6) is 0.487. The van der Waals surface area contributed by atoms with E-state index in [0.717, 1.165) is 22.3 Å². The molecular formula is C18H24F3IN4OS. The van der Waals surface area contributed by atoms with Crippen molar-refractivity contribution in [3.05, 3.63) is 52.0 Å². The highest BCUT2D eigenvalue weighted by Gasteiger charge is 2.33. The number of rotatable bonds is 7. The molecule has 1 heterocycles. The lowest BCUT2D eigenvalue weighted by Crippen LogP contribution is -2.39. The predicted molar refractivity (Wildman–Crippen MR) is 116 cm³/mol. The molecule has 0 aliphatic rings. The van der Waals surface area contributed by atoms with Crippen LogP contribution in [0.15, 0.2) is 40.7 Å². The normalized spacial score (nSPS) is 14.1. The number of aromatic nitrogens is 1. The van der Waals surface area contributed by atoms with Gasteiger partial charge in [-0.2, -0.15) is 13.2 Å². The zero-order valence-corrected chi connectivity index (χ0v) is 18.7. The van der Waals surface area contributed by atoms with Crippen LogP contribution in [-0.4, -0.2) is 35.7 Å². The minimum absolute atomic E-state index is 0. The molecule has 5 nitrogen and oxygen atoms in total. The molecule has 0 saturated heterocycles. The van der Waals surface area contributed by atoms with E-state index in [1.54, 1.807) is 6.92 Å². The Morgan fingerprint density at radius 2 is 1.89 bits per heavy atom. The molecule has 0 radical (unpaired) electrons. The number of nitrogens with zero attached hydrogens (tertiary/aromatic N) is 2. The minimum Gasteiger partial charge on any atom is -0.384 e. The van der Waals surface area contributed by atoms with Gasteiger partial charge in [-0.05, 0) is 19.4 Å². The number of guanidine groups is 1. The number of benzene rings is 1. The second-order valence-corrected chi connectivity index (χ2v) is 7.08. The van der Waals surface area contributed by atoms with Crippen LogP contribution in [0.5, 0.6) is 0 Å². The molecule has 1 unspecified atom stereocenters. The van der Waals surface area contributed by atoms with Gasteiger partial charge in [-0.25, -0.2) is 9.98 Å². The first-order valence-electron chi connectivity index (χ1n) is 8.54. The van der Waals surface area contributed by atoms with Crippen molar-refractivity contribution in [1.82, 2.24) is 15.6 Å². The molecular weight excluding hydrogens is 504 g/mol. The number of aliphatic hydroxyl groups is 1. The van der Waals surface area contributed by atoms with Crippen LogP contribution in [-0.2, 0) is 18.2 Å². The highest BCUT2D eigenvalue weighted by molar-refractivity contribution is 14.0. The first-order chi connectivity index (χ1) is 12.7. The quantitative estimate of drug-likeness (QED) is 0.291. The summed E-state index contributed by atoms with van der Waals surface area (Å²) >= 11 is 0.985. The summed E-state index contributed by atoms with van der Waals surface area (Å²) in [5.41, 5.74) is -1.23. The Hall–Kier alpha value is -1.40. The third kappa shape index (κ3) is 7.55. The third-order valence-electron chi connectivity index (χ3n) is 3.76. The summed E-state index contributed by atoms with van der Waals surface area (Å²) in [6, 6.07) is 9.23. The van der Waals surface area contributed by atoms with E-state index in [4.69, 9.17) is 0 Å². The lowest BCUT2D eigenvalue weighted by molar-refractivity contribution is -0.140. The second kappa shape index (κ2) is 11.0. The van der Waals surface area contributed by atoms with Crippen molar-refractivity contribution in [2.75, 3.05) is 19.6 Å². The molecule has 1 aromatic carbocycles. The van der Waals surface area contributed by atoms with Gasteiger partial charge in [-0.3, -0.25) is 0 Å². The highest BCUT2D eigenvalue weighted by Crippen LogP contribution is 2.30. The zero-order valence-electron chi connectivity index (χ0n) is 15.6. The number of aliphatic imine (C=N–C) groups is 1. The molecule has 0 fully saturated rings. The van der Waals surface area contributed by atoms with Crippen LogP contribution in [0.2, 0.25) is 0 Å². The van der Waals surface area contributed by atoms with Gasteiger partial charge in [0.2, 0.25) is 0 Å². The minimum atomic E-state index is -4.42. The molecule has 10 heteroatoms. The van der Waals surface area contributed by atoms with Gasteiger partial charge in [0.15, 0.2) is 11.7 Å². The third-order valence-corrected chi connectivity index (χ3v) is 4.67. The standard InChI is InChI=1S/C18H23F3N4OS.HI/c1-3-22-16(24-12-17(2,26)13-7-5-4-6-8-13)23-10-9-15-25-14(11-27-15)18(19,20)21;/h4-8,11,26H,3,9-10,12H2,1-2H3,(H2,22,23,24);1H. The molecule has 3 N–H and O–H groups in total. The molecule has 0 amide bonds. The first-order valence-corrected chi connectivity index (χ1v) is 9.42. The Balaban J connectivity index is 0.00000392. The fourth-order valence-corrected chi connectivity index (χ4v) is 3.11. The lowest BCUT2D eigenvalue weighted by Gasteiger charge is -2.22. The Morgan fingerprint density at radius 3 is 2.46 bits per heavy atom. The monoisotopic (exact) mass is 528 g/mol. The van der Waals surface area contributed by atoms with Gasteiger partial charge >= 0.3 is 6.18 Å². The molecule has 0 aliphatic heterocycles. The van der Waals surface area contributed by atoms with Crippen LogP contribution >= 0.6 is 35.3 Å². The average Bonchev–Trinajstić information content (AvgIpc) is 3.10. The summed E-state index contributed by atoms with van der Waals surface area (Å²) in [7, 11) is 0. The van der Waals surface area contributed by atoms with Gasteiger partial charge in [0, 0.05) is 24.9 Å². The molecule has 28 heavy (non-hydrogen) atoms. The van der Waals surface area contributed by atoms with Crippen LogP contribution < -0.4 is 10.6 Å². The van der Waals surface area contributed by atoms with Crippen LogP contribution in [0.4, 0.5) is 13.2 Å². The number of hydrogen-bond acceptors (Lipinski definition) is 4. The largest absolute Gasteiger partial charge is 0.434 e. The molecule has 1 aromatic heterocycles. The average molecular weight is 528 g/mol. The maximum atomic E-state index is 12.6. The topological polar surface area (TPSA) is 69.5 Å². The molecule has 0 aliphatic carbocycles. The Morgan fingerprint density at radius 1 is 1.21 bits per heavy atom. The van der Waals surface area contributed by atoms with Crippen LogP contribution in [0.1, 0.15) is 30.1 Å².